The second kappa shape index (κ2) is 6.85. The summed E-state index contributed by atoms with van der Waals surface area (Å²) in [6.45, 7) is -0.0643. The van der Waals surface area contributed by atoms with Crippen LogP contribution in [-0.4, -0.2) is 29.4 Å². The summed E-state index contributed by atoms with van der Waals surface area (Å²) in [5, 5.41) is 0. The molecule has 1 aliphatic heterocycles. The minimum absolute atomic E-state index is 0.0643. The third kappa shape index (κ3) is 3.50. The van der Waals surface area contributed by atoms with Crippen LogP contribution in [0.5, 0.6) is 0 Å². The Morgan fingerprint density at radius 2 is 2.10 bits per heavy atom. The molecule has 0 N–H and O–H groups in total. The molecule has 114 valence electrons. The molecule has 2 amide bonds. The molecule has 1 atom stereocenters. The topological polar surface area (TPSA) is 46.6 Å². The van der Waals surface area contributed by atoms with Crippen molar-refractivity contribution in [3.05, 3.63) is 35.4 Å². The zero-order chi connectivity index (χ0) is 15.4. The van der Waals surface area contributed by atoms with Gasteiger partial charge in [0.05, 0.1) is 0 Å². The number of cyclic esters (lactones) is 1. The maximum Gasteiger partial charge on any atom is 0.417 e. The summed E-state index contributed by atoms with van der Waals surface area (Å²) in [5.41, 5.74) is 0.324. The van der Waals surface area contributed by atoms with Gasteiger partial charge in [-0.05, 0) is 30.5 Å². The standard InChI is InChI=1S/C14H14ClF2NO3/c15-6-2-1-3-13(19)18-12(8-21-14(18)20)9-4-5-10(16)11(17)7-9/h4-5,7,12H,1-3,6,8H2. The van der Waals surface area contributed by atoms with Crippen LogP contribution >= 0.6 is 11.6 Å². The van der Waals surface area contributed by atoms with Gasteiger partial charge < -0.3 is 4.74 Å². The summed E-state index contributed by atoms with van der Waals surface area (Å²) >= 11 is 5.54. The van der Waals surface area contributed by atoms with E-state index in [9.17, 15) is 18.4 Å². The molecule has 0 aromatic heterocycles. The average Bonchev–Trinajstić information content (AvgIpc) is 2.84. The molecule has 0 aliphatic carbocycles. The lowest BCUT2D eigenvalue weighted by Crippen LogP contribution is -2.34. The molecule has 0 radical (unpaired) electrons. The summed E-state index contributed by atoms with van der Waals surface area (Å²) < 4.78 is 31.1. The van der Waals surface area contributed by atoms with Crippen LogP contribution in [0, 0.1) is 11.6 Å². The number of unbranched alkanes of at least 4 members (excludes halogenated alkanes) is 1. The molecule has 4 nitrogen and oxygen atoms in total. The monoisotopic (exact) mass is 317 g/mol. The first-order valence-electron chi connectivity index (χ1n) is 6.54. The third-order valence-electron chi connectivity index (χ3n) is 3.24. The second-order valence-corrected chi connectivity index (χ2v) is 5.05. The molecule has 7 heteroatoms. The van der Waals surface area contributed by atoms with Crippen LogP contribution in [0.4, 0.5) is 13.6 Å². The molecule has 0 saturated carbocycles. The van der Waals surface area contributed by atoms with Crippen LogP contribution in [0.1, 0.15) is 30.9 Å². The number of ether oxygens (including phenoxy) is 1. The van der Waals surface area contributed by atoms with Crippen LogP contribution in [-0.2, 0) is 9.53 Å². The van der Waals surface area contributed by atoms with Crippen molar-refractivity contribution >= 4 is 23.6 Å². The predicted molar refractivity (Wildman–Crippen MR) is 71.9 cm³/mol. The van der Waals surface area contributed by atoms with E-state index in [0.29, 0.717) is 24.3 Å². The molecule has 1 saturated heterocycles. The SMILES string of the molecule is O=C(CCCCCl)N1C(=O)OCC1c1ccc(F)c(F)c1. The van der Waals surface area contributed by atoms with Gasteiger partial charge in [-0.3, -0.25) is 4.79 Å². The molecule has 1 aromatic rings. The van der Waals surface area contributed by atoms with E-state index in [1.54, 1.807) is 0 Å². The van der Waals surface area contributed by atoms with E-state index >= 15 is 0 Å². The van der Waals surface area contributed by atoms with Gasteiger partial charge in [0.15, 0.2) is 11.6 Å². The van der Waals surface area contributed by atoms with E-state index in [4.69, 9.17) is 16.3 Å². The van der Waals surface area contributed by atoms with Gasteiger partial charge >= 0.3 is 6.09 Å². The van der Waals surface area contributed by atoms with Crippen molar-refractivity contribution < 1.29 is 23.1 Å². The van der Waals surface area contributed by atoms with Crippen LogP contribution in [0.3, 0.4) is 0 Å². The maximum atomic E-state index is 13.3. The number of hydrogen-bond donors (Lipinski definition) is 0. The van der Waals surface area contributed by atoms with Gasteiger partial charge in [-0.2, -0.15) is 0 Å². The number of nitrogens with zero attached hydrogens (tertiary/aromatic N) is 1. The maximum absolute atomic E-state index is 13.3. The van der Waals surface area contributed by atoms with Gasteiger partial charge in [-0.15, -0.1) is 11.6 Å². The Balaban J connectivity index is 2.15. The highest BCUT2D eigenvalue weighted by atomic mass is 35.5. The molecule has 0 spiro atoms. The van der Waals surface area contributed by atoms with Crippen LogP contribution in [0.25, 0.3) is 0 Å². The zero-order valence-corrected chi connectivity index (χ0v) is 11.9. The molecule has 2 rings (SSSR count). The van der Waals surface area contributed by atoms with E-state index in [-0.39, 0.29) is 13.0 Å². The van der Waals surface area contributed by atoms with Crippen molar-refractivity contribution in [3.8, 4) is 0 Å². The van der Waals surface area contributed by atoms with Crippen molar-refractivity contribution in [3.63, 3.8) is 0 Å². The van der Waals surface area contributed by atoms with Crippen LogP contribution in [0.15, 0.2) is 18.2 Å². The van der Waals surface area contributed by atoms with E-state index in [2.05, 4.69) is 0 Å². The Hall–Kier alpha value is -1.69. The van der Waals surface area contributed by atoms with Crippen molar-refractivity contribution in [2.45, 2.75) is 25.3 Å². The largest absolute Gasteiger partial charge is 0.446 e. The number of carbonyl (C=O) groups is 2. The average molecular weight is 318 g/mol. The van der Waals surface area contributed by atoms with Gasteiger partial charge in [0, 0.05) is 12.3 Å². The Morgan fingerprint density at radius 1 is 1.33 bits per heavy atom. The highest BCUT2D eigenvalue weighted by Crippen LogP contribution is 2.29. The number of benzene rings is 1. The number of hydrogen-bond acceptors (Lipinski definition) is 3. The number of alkyl halides is 1. The quantitative estimate of drug-likeness (QED) is 0.617. The Morgan fingerprint density at radius 3 is 2.76 bits per heavy atom. The van der Waals surface area contributed by atoms with Gasteiger partial charge in [-0.1, -0.05) is 6.07 Å². The molecular weight excluding hydrogens is 304 g/mol. The third-order valence-corrected chi connectivity index (χ3v) is 3.51. The van der Waals surface area contributed by atoms with Crippen molar-refractivity contribution in [2.75, 3.05) is 12.5 Å². The fraction of sp³-hybridized carbons (Fsp3) is 0.429. The molecule has 1 aliphatic rings. The molecule has 0 bridgehead atoms. The van der Waals surface area contributed by atoms with Gasteiger partial charge in [0.25, 0.3) is 0 Å². The smallest absolute Gasteiger partial charge is 0.417 e. The van der Waals surface area contributed by atoms with E-state index in [1.807, 2.05) is 0 Å². The number of halogens is 3. The molecule has 1 heterocycles. The lowest BCUT2D eigenvalue weighted by Gasteiger charge is -2.20. The molecular formula is C14H14ClF2NO3. The highest BCUT2D eigenvalue weighted by Gasteiger charge is 2.38. The van der Waals surface area contributed by atoms with Crippen molar-refractivity contribution in [1.82, 2.24) is 4.90 Å². The van der Waals surface area contributed by atoms with Crippen LogP contribution < -0.4 is 0 Å². The summed E-state index contributed by atoms with van der Waals surface area (Å²) in [5.74, 6) is -1.98. The number of carbonyl (C=O) groups excluding carboxylic acids is 2. The van der Waals surface area contributed by atoms with Gasteiger partial charge in [0.1, 0.15) is 12.6 Å². The summed E-state index contributed by atoms with van der Waals surface area (Å²) in [4.78, 5) is 24.7. The number of rotatable bonds is 5. The lowest BCUT2D eigenvalue weighted by atomic mass is 10.1. The first-order valence-corrected chi connectivity index (χ1v) is 7.07. The van der Waals surface area contributed by atoms with E-state index in [1.165, 1.54) is 6.07 Å². The molecule has 1 fully saturated rings. The van der Waals surface area contributed by atoms with Crippen LogP contribution in [0.2, 0.25) is 0 Å². The number of amides is 2. The van der Waals surface area contributed by atoms with Gasteiger partial charge in [0.2, 0.25) is 5.91 Å². The second-order valence-electron chi connectivity index (χ2n) is 4.68. The number of imide groups is 1. The Bertz CT molecular complexity index is 553. The highest BCUT2D eigenvalue weighted by molar-refractivity contribution is 6.17. The summed E-state index contributed by atoms with van der Waals surface area (Å²) in [7, 11) is 0. The fourth-order valence-electron chi connectivity index (χ4n) is 2.15. The molecule has 1 aromatic carbocycles. The Kier molecular flexibility index (Phi) is 5.12. The molecule has 1 unspecified atom stereocenters. The first kappa shape index (κ1) is 15.7. The lowest BCUT2D eigenvalue weighted by molar-refractivity contribution is -0.129. The Labute approximate surface area is 125 Å². The van der Waals surface area contributed by atoms with Crippen molar-refractivity contribution in [1.29, 1.82) is 0 Å². The minimum atomic E-state index is -1.03. The van der Waals surface area contributed by atoms with E-state index < -0.39 is 29.7 Å². The van der Waals surface area contributed by atoms with Gasteiger partial charge in [-0.25, -0.2) is 18.5 Å². The first-order chi connectivity index (χ1) is 10.0. The summed E-state index contributed by atoms with van der Waals surface area (Å²) in [6.07, 6.45) is 0.602. The zero-order valence-electron chi connectivity index (χ0n) is 11.2. The minimum Gasteiger partial charge on any atom is -0.446 e. The van der Waals surface area contributed by atoms with E-state index in [0.717, 1.165) is 17.0 Å². The predicted octanol–water partition coefficient (Wildman–Crippen LogP) is 3.39. The summed E-state index contributed by atoms with van der Waals surface area (Å²) in [6, 6.07) is 2.55. The normalized spacial score (nSPS) is 18.0. The fourth-order valence-corrected chi connectivity index (χ4v) is 2.34. The van der Waals surface area contributed by atoms with Crippen molar-refractivity contribution in [2.24, 2.45) is 0 Å². The molecule has 21 heavy (non-hydrogen) atoms.